The number of amidine groups is 1. The van der Waals surface area contributed by atoms with Gasteiger partial charge in [0.05, 0.1) is 17.2 Å². The Morgan fingerprint density at radius 2 is 2.38 bits per heavy atom. The van der Waals surface area contributed by atoms with Crippen molar-refractivity contribution in [1.29, 1.82) is 5.41 Å². The molecule has 0 aromatic rings. The number of hydrogen-bond donors (Lipinski definition) is 3. The van der Waals surface area contributed by atoms with Crippen molar-refractivity contribution in [2.45, 2.75) is 6.42 Å². The van der Waals surface area contributed by atoms with E-state index in [1.807, 2.05) is 0 Å². The first-order valence-electron chi connectivity index (χ1n) is 2.20. The van der Waals surface area contributed by atoms with Crippen LogP contribution in [-0.2, 0) is 0 Å². The third kappa shape index (κ3) is 3.55. The molecule has 0 heterocycles. The van der Waals surface area contributed by atoms with E-state index in [4.69, 9.17) is 23.4 Å². The Hall–Kier alpha value is -0.640. The van der Waals surface area contributed by atoms with E-state index in [0.29, 0.717) is 11.4 Å². The summed E-state index contributed by atoms with van der Waals surface area (Å²) in [4.78, 5) is 0.609. The Balaban J connectivity index is 3.40. The quantitative estimate of drug-likeness (QED) is 0.278. The molecule has 0 unspecified atom stereocenters. The van der Waals surface area contributed by atoms with E-state index in [1.165, 1.54) is 0 Å². The molecule has 3 nitrogen and oxygen atoms in total. The maximum Gasteiger partial charge on any atom is 0.0974 e. The topological polar surface area (TPSA) is 61.9 Å². The van der Waals surface area contributed by atoms with Gasteiger partial charge in [0.1, 0.15) is 0 Å². The zero-order chi connectivity index (χ0) is 6.57. The van der Waals surface area contributed by atoms with Crippen molar-refractivity contribution >= 4 is 23.0 Å². The van der Waals surface area contributed by atoms with Crippen LogP contribution in [0.15, 0.2) is 0 Å². The minimum Gasteiger partial charge on any atom is -0.387 e. The first kappa shape index (κ1) is 7.36. The van der Waals surface area contributed by atoms with Gasteiger partial charge in [-0.1, -0.05) is 12.2 Å². The maximum absolute atomic E-state index is 6.78. The van der Waals surface area contributed by atoms with Crippen LogP contribution in [0.3, 0.4) is 0 Å². The molecule has 0 aliphatic carbocycles. The lowest BCUT2D eigenvalue weighted by Gasteiger charge is -1.97. The molecule has 0 bridgehead atoms. The zero-order valence-corrected chi connectivity index (χ0v) is 5.51. The van der Waals surface area contributed by atoms with Gasteiger partial charge in [-0.05, 0) is 0 Å². The summed E-state index contributed by atoms with van der Waals surface area (Å²) >= 11 is 4.70. The van der Waals surface area contributed by atoms with Gasteiger partial charge in [-0.15, -0.1) is 0 Å². The number of rotatable bonds is 2. The highest BCUT2D eigenvalue weighted by Gasteiger charge is 1.92. The van der Waals surface area contributed by atoms with Gasteiger partial charge in [-0.3, -0.25) is 5.41 Å². The summed E-state index contributed by atoms with van der Waals surface area (Å²) in [5.74, 6) is 0.101. The second kappa shape index (κ2) is 3.37. The first-order chi connectivity index (χ1) is 3.66. The minimum absolute atomic E-state index is 0.101. The second-order valence-electron chi connectivity index (χ2n) is 1.38. The lowest BCUT2D eigenvalue weighted by Crippen LogP contribution is -2.22. The summed E-state index contributed by atoms with van der Waals surface area (Å²) in [6, 6.07) is 0. The minimum atomic E-state index is 0.101. The molecule has 0 amide bonds. The molecule has 0 rings (SSSR count). The average Bonchev–Trinajstić information content (AvgIpc) is 1.65. The smallest absolute Gasteiger partial charge is 0.0974 e. The van der Waals surface area contributed by atoms with Gasteiger partial charge in [0.15, 0.2) is 0 Å². The van der Waals surface area contributed by atoms with Gasteiger partial charge in [0, 0.05) is 7.05 Å². The normalized spacial score (nSPS) is 8.12. The van der Waals surface area contributed by atoms with Gasteiger partial charge >= 0.3 is 0 Å². The van der Waals surface area contributed by atoms with Crippen LogP contribution in [0.2, 0.25) is 0 Å². The summed E-state index contributed by atoms with van der Waals surface area (Å²) in [6.07, 6.45) is 0.367. The standard InChI is InChI=1S/C4H9N3S/c1-7-4(8)2-3(5)6/h2H2,1H3,(H3,5,6)(H,7,8). The van der Waals surface area contributed by atoms with E-state index in [2.05, 4.69) is 5.32 Å². The fraction of sp³-hybridized carbons (Fsp3) is 0.500. The van der Waals surface area contributed by atoms with Crippen LogP contribution in [0.1, 0.15) is 6.42 Å². The Kier molecular flexibility index (Phi) is 3.10. The molecule has 0 saturated heterocycles. The molecule has 0 atom stereocenters. The highest BCUT2D eigenvalue weighted by molar-refractivity contribution is 7.80. The van der Waals surface area contributed by atoms with Gasteiger partial charge in [0.2, 0.25) is 0 Å². The number of nitrogens with one attached hydrogen (secondary N) is 2. The Morgan fingerprint density at radius 1 is 1.88 bits per heavy atom. The largest absolute Gasteiger partial charge is 0.387 e. The van der Waals surface area contributed by atoms with Crippen LogP contribution in [0.5, 0.6) is 0 Å². The van der Waals surface area contributed by atoms with E-state index in [1.54, 1.807) is 7.05 Å². The van der Waals surface area contributed by atoms with Crippen LogP contribution < -0.4 is 11.1 Å². The van der Waals surface area contributed by atoms with Crippen molar-refractivity contribution in [1.82, 2.24) is 5.32 Å². The molecule has 0 aliphatic heterocycles. The molecular formula is C4H9N3S. The molecule has 0 aliphatic rings. The monoisotopic (exact) mass is 131 g/mol. The average molecular weight is 131 g/mol. The van der Waals surface area contributed by atoms with Crippen molar-refractivity contribution in [2.24, 2.45) is 5.73 Å². The van der Waals surface area contributed by atoms with E-state index < -0.39 is 0 Å². The lowest BCUT2D eigenvalue weighted by atomic mass is 10.4. The van der Waals surface area contributed by atoms with Crippen LogP contribution in [0.25, 0.3) is 0 Å². The van der Waals surface area contributed by atoms with Crippen LogP contribution >= 0.6 is 12.2 Å². The molecular weight excluding hydrogens is 122 g/mol. The molecule has 46 valence electrons. The molecule has 8 heavy (non-hydrogen) atoms. The van der Waals surface area contributed by atoms with Crippen LogP contribution in [0, 0.1) is 5.41 Å². The zero-order valence-electron chi connectivity index (χ0n) is 4.69. The molecule has 0 aromatic carbocycles. The molecule has 0 aromatic heterocycles. The number of hydrogen-bond acceptors (Lipinski definition) is 2. The summed E-state index contributed by atoms with van der Waals surface area (Å²) in [5, 5.41) is 9.49. The van der Waals surface area contributed by atoms with Gasteiger partial charge in [-0.2, -0.15) is 0 Å². The van der Waals surface area contributed by atoms with E-state index in [9.17, 15) is 0 Å². The molecule has 0 radical (unpaired) electrons. The fourth-order valence-corrected chi connectivity index (χ4v) is 0.417. The van der Waals surface area contributed by atoms with Crippen molar-refractivity contribution in [3.05, 3.63) is 0 Å². The Morgan fingerprint density at radius 3 is 2.50 bits per heavy atom. The van der Waals surface area contributed by atoms with Crippen molar-refractivity contribution < 1.29 is 0 Å². The molecule has 0 spiro atoms. The fourth-order valence-electron chi connectivity index (χ4n) is 0.261. The Bertz CT molecular complexity index is 110. The van der Waals surface area contributed by atoms with Crippen LogP contribution in [-0.4, -0.2) is 17.9 Å². The summed E-state index contributed by atoms with van der Waals surface area (Å²) < 4.78 is 0. The number of nitrogens with two attached hydrogens (primary N) is 1. The maximum atomic E-state index is 6.78. The lowest BCUT2D eigenvalue weighted by molar-refractivity contribution is 1.16. The predicted molar refractivity (Wildman–Crippen MR) is 38.2 cm³/mol. The predicted octanol–water partition coefficient (Wildman–Crippen LogP) is -0.141. The van der Waals surface area contributed by atoms with Gasteiger partial charge in [0.25, 0.3) is 0 Å². The van der Waals surface area contributed by atoms with E-state index >= 15 is 0 Å². The first-order valence-corrected chi connectivity index (χ1v) is 2.61. The van der Waals surface area contributed by atoms with Gasteiger partial charge in [-0.25, -0.2) is 0 Å². The third-order valence-corrected chi connectivity index (χ3v) is 0.978. The molecule has 4 heteroatoms. The van der Waals surface area contributed by atoms with E-state index in [0.717, 1.165) is 0 Å². The van der Waals surface area contributed by atoms with Gasteiger partial charge < -0.3 is 11.1 Å². The second-order valence-corrected chi connectivity index (χ2v) is 1.87. The van der Waals surface area contributed by atoms with Crippen molar-refractivity contribution in [2.75, 3.05) is 7.05 Å². The van der Waals surface area contributed by atoms with Crippen molar-refractivity contribution in [3.63, 3.8) is 0 Å². The summed E-state index contributed by atoms with van der Waals surface area (Å²) in [7, 11) is 1.71. The molecule has 0 saturated carbocycles. The Labute approximate surface area is 53.8 Å². The third-order valence-electron chi connectivity index (χ3n) is 0.630. The molecule has 4 N–H and O–H groups in total. The van der Waals surface area contributed by atoms with Crippen LogP contribution in [0.4, 0.5) is 0 Å². The SMILES string of the molecule is CNC(=S)CC(=N)N. The van der Waals surface area contributed by atoms with Crippen molar-refractivity contribution in [3.8, 4) is 0 Å². The number of thiocarbonyl (C=S) groups is 1. The highest BCUT2D eigenvalue weighted by Crippen LogP contribution is 1.77. The summed E-state index contributed by atoms with van der Waals surface area (Å²) in [5.41, 5.74) is 5.02. The summed E-state index contributed by atoms with van der Waals surface area (Å²) in [6.45, 7) is 0. The molecule has 0 fully saturated rings. The van der Waals surface area contributed by atoms with E-state index in [-0.39, 0.29) is 5.84 Å². The highest BCUT2D eigenvalue weighted by atomic mass is 32.1.